The molecule has 2 amide bonds. The quantitative estimate of drug-likeness (QED) is 0.577. The maximum absolute atomic E-state index is 13.4. The van der Waals surface area contributed by atoms with Crippen LogP contribution >= 0.6 is 11.8 Å². The third-order valence-corrected chi connectivity index (χ3v) is 7.67. The fourth-order valence-electron chi connectivity index (χ4n) is 4.52. The number of amides is 2. The van der Waals surface area contributed by atoms with Crippen molar-refractivity contribution in [3.63, 3.8) is 0 Å². The van der Waals surface area contributed by atoms with E-state index in [4.69, 9.17) is 4.74 Å². The Balaban J connectivity index is 1.24. The van der Waals surface area contributed by atoms with Gasteiger partial charge in [-0.25, -0.2) is 9.18 Å². The number of hydrogen-bond donors (Lipinski definition) is 1. The van der Waals surface area contributed by atoms with Crippen molar-refractivity contribution in [1.29, 1.82) is 0 Å². The van der Waals surface area contributed by atoms with Crippen LogP contribution in [0.5, 0.6) is 0 Å². The second-order valence-electron chi connectivity index (χ2n) is 8.10. The lowest BCUT2D eigenvalue weighted by molar-refractivity contribution is -0.155. The van der Waals surface area contributed by atoms with Gasteiger partial charge in [0.1, 0.15) is 16.7 Å². The van der Waals surface area contributed by atoms with E-state index in [0.29, 0.717) is 24.3 Å². The lowest BCUT2D eigenvalue weighted by Crippen LogP contribution is -2.47. The molecule has 2 aliphatic heterocycles. The fraction of sp³-hybridized carbons (Fsp3) is 0.240. The van der Waals surface area contributed by atoms with E-state index in [2.05, 4.69) is 5.32 Å². The first-order valence-electron chi connectivity index (χ1n) is 10.6. The molecule has 33 heavy (non-hydrogen) atoms. The van der Waals surface area contributed by atoms with Crippen LogP contribution in [0, 0.1) is 5.82 Å². The molecule has 8 heteroatoms. The minimum absolute atomic E-state index is 0.146. The summed E-state index contributed by atoms with van der Waals surface area (Å²) in [5.41, 5.74) is 1.39. The van der Waals surface area contributed by atoms with E-state index >= 15 is 0 Å². The summed E-state index contributed by atoms with van der Waals surface area (Å²) in [4.78, 5) is 38.7. The molecule has 0 aliphatic carbocycles. The lowest BCUT2D eigenvalue weighted by Gasteiger charge is -2.33. The van der Waals surface area contributed by atoms with Crippen molar-refractivity contribution in [2.24, 2.45) is 0 Å². The van der Waals surface area contributed by atoms with Crippen LogP contribution in [0.1, 0.15) is 18.4 Å². The molecule has 2 saturated heterocycles. The maximum Gasteiger partial charge on any atom is 0.330 e. The summed E-state index contributed by atoms with van der Waals surface area (Å²) in [5.74, 6) is -1.22. The van der Waals surface area contributed by atoms with Crippen LogP contribution in [0.25, 0.3) is 10.8 Å². The van der Waals surface area contributed by atoms with Crippen LogP contribution in [0.4, 0.5) is 10.1 Å². The molecular formula is C25H21FN2O4S. The minimum atomic E-state index is -0.788. The van der Waals surface area contributed by atoms with Gasteiger partial charge in [-0.15, -0.1) is 11.8 Å². The van der Waals surface area contributed by atoms with Crippen LogP contribution in [-0.2, 0) is 24.0 Å². The molecule has 3 aromatic carbocycles. The molecule has 0 saturated carbocycles. The third kappa shape index (κ3) is 3.95. The average Bonchev–Trinajstić information content (AvgIpc) is 3.37. The standard InChI is InChI=1S/C25H21FN2O4S/c26-19-8-6-18(7-9-19)25-12-11-23(30)28(25)21(15-33-25)24(31)32-14-22(29)27-20-10-5-16-3-1-2-4-17(16)13-20/h1-10,13,21H,11-12,14-15H2,(H,27,29)/t21-,25-/m0/s1. The molecule has 0 aromatic heterocycles. The Bertz CT molecular complexity index is 1250. The Morgan fingerprint density at radius 2 is 1.85 bits per heavy atom. The van der Waals surface area contributed by atoms with E-state index in [9.17, 15) is 18.8 Å². The highest BCUT2D eigenvalue weighted by Gasteiger charge is 2.57. The first-order valence-corrected chi connectivity index (χ1v) is 11.6. The number of hydrogen-bond acceptors (Lipinski definition) is 5. The molecule has 1 N–H and O–H groups in total. The Morgan fingerprint density at radius 3 is 2.64 bits per heavy atom. The van der Waals surface area contributed by atoms with Crippen LogP contribution < -0.4 is 5.32 Å². The van der Waals surface area contributed by atoms with Gasteiger partial charge in [0.15, 0.2) is 6.61 Å². The summed E-state index contributed by atoms with van der Waals surface area (Å²) >= 11 is 1.48. The number of rotatable bonds is 5. The summed E-state index contributed by atoms with van der Waals surface area (Å²) < 4.78 is 18.7. The smallest absolute Gasteiger partial charge is 0.330 e. The minimum Gasteiger partial charge on any atom is -0.454 e. The Morgan fingerprint density at radius 1 is 1.09 bits per heavy atom. The van der Waals surface area contributed by atoms with Crippen molar-refractivity contribution in [1.82, 2.24) is 4.90 Å². The maximum atomic E-state index is 13.4. The normalized spacial score (nSPS) is 21.8. The number of nitrogens with zero attached hydrogens (tertiary/aromatic N) is 1. The van der Waals surface area contributed by atoms with Gasteiger partial charge in [0.25, 0.3) is 5.91 Å². The van der Waals surface area contributed by atoms with E-state index in [1.807, 2.05) is 36.4 Å². The highest BCUT2D eigenvalue weighted by atomic mass is 32.2. The topological polar surface area (TPSA) is 75.7 Å². The van der Waals surface area contributed by atoms with Crippen molar-refractivity contribution in [3.05, 3.63) is 78.1 Å². The number of halogens is 1. The molecule has 0 radical (unpaired) electrons. The monoisotopic (exact) mass is 464 g/mol. The van der Waals surface area contributed by atoms with Gasteiger partial charge in [0, 0.05) is 17.9 Å². The van der Waals surface area contributed by atoms with Crippen molar-refractivity contribution in [2.75, 3.05) is 17.7 Å². The second-order valence-corrected chi connectivity index (χ2v) is 9.40. The number of fused-ring (bicyclic) bond motifs is 2. The van der Waals surface area contributed by atoms with Crippen LogP contribution in [0.2, 0.25) is 0 Å². The number of nitrogens with one attached hydrogen (secondary N) is 1. The number of esters is 1. The van der Waals surface area contributed by atoms with Crippen LogP contribution in [0.3, 0.4) is 0 Å². The summed E-state index contributed by atoms with van der Waals surface area (Å²) in [5, 5.41) is 4.78. The molecule has 0 spiro atoms. The number of anilines is 1. The van der Waals surface area contributed by atoms with E-state index < -0.39 is 29.4 Å². The van der Waals surface area contributed by atoms with Crippen LogP contribution in [-0.4, -0.2) is 41.1 Å². The average molecular weight is 465 g/mol. The Labute approximate surface area is 194 Å². The number of carbonyl (C=O) groups is 3. The van der Waals surface area contributed by atoms with E-state index in [0.717, 1.165) is 16.3 Å². The van der Waals surface area contributed by atoms with Crippen molar-refractivity contribution < 1.29 is 23.5 Å². The molecule has 2 heterocycles. The van der Waals surface area contributed by atoms with Gasteiger partial charge in [-0.3, -0.25) is 9.59 Å². The first-order chi connectivity index (χ1) is 16.0. The molecule has 3 aromatic rings. The van der Waals surface area contributed by atoms with Crippen LogP contribution in [0.15, 0.2) is 66.7 Å². The number of thioether (sulfide) groups is 1. The molecular weight excluding hydrogens is 443 g/mol. The Kier molecular flexibility index (Phi) is 5.54. The molecule has 0 unspecified atom stereocenters. The van der Waals surface area contributed by atoms with Gasteiger partial charge < -0.3 is 15.0 Å². The highest BCUT2D eigenvalue weighted by Crippen LogP contribution is 2.54. The third-order valence-electron chi connectivity index (χ3n) is 6.07. The van der Waals surface area contributed by atoms with E-state index in [1.165, 1.54) is 23.9 Å². The number of carbonyl (C=O) groups excluding carboxylic acids is 3. The first kappa shape index (κ1) is 21.5. The number of ether oxygens (including phenoxy) is 1. The van der Waals surface area contributed by atoms with Gasteiger partial charge in [0.2, 0.25) is 5.91 Å². The second kappa shape index (κ2) is 8.51. The zero-order valence-corrected chi connectivity index (χ0v) is 18.4. The van der Waals surface area contributed by atoms with Crippen molar-refractivity contribution in [3.8, 4) is 0 Å². The molecule has 2 atom stereocenters. The molecule has 2 aliphatic rings. The fourth-order valence-corrected chi connectivity index (χ4v) is 6.16. The van der Waals surface area contributed by atoms with E-state index in [1.54, 1.807) is 23.1 Å². The summed E-state index contributed by atoms with van der Waals surface area (Å²) in [6.45, 7) is -0.446. The predicted octanol–water partition coefficient (Wildman–Crippen LogP) is 4.05. The van der Waals surface area contributed by atoms with Gasteiger partial charge in [-0.2, -0.15) is 0 Å². The number of benzene rings is 3. The van der Waals surface area contributed by atoms with Gasteiger partial charge in [-0.1, -0.05) is 42.5 Å². The van der Waals surface area contributed by atoms with E-state index in [-0.39, 0.29) is 11.7 Å². The molecule has 5 rings (SSSR count). The zero-order chi connectivity index (χ0) is 23.0. The van der Waals surface area contributed by atoms with Gasteiger partial charge >= 0.3 is 5.97 Å². The summed E-state index contributed by atoms with van der Waals surface area (Å²) in [6.07, 6.45) is 0.838. The van der Waals surface area contributed by atoms with Gasteiger partial charge in [-0.05, 0) is 47.0 Å². The predicted molar refractivity (Wildman–Crippen MR) is 124 cm³/mol. The molecule has 2 fully saturated rings. The Hall–Kier alpha value is -3.39. The molecule has 0 bridgehead atoms. The van der Waals surface area contributed by atoms with Crippen molar-refractivity contribution in [2.45, 2.75) is 23.8 Å². The van der Waals surface area contributed by atoms with Crippen molar-refractivity contribution >= 4 is 46.0 Å². The summed E-state index contributed by atoms with van der Waals surface area (Å²) in [6, 6.07) is 18.6. The SMILES string of the molecule is O=C(COC(=O)[C@@H]1CS[C@]2(c3ccc(F)cc3)CCC(=O)N12)Nc1ccc2ccccc2c1. The largest absolute Gasteiger partial charge is 0.454 e. The highest BCUT2D eigenvalue weighted by molar-refractivity contribution is 8.00. The lowest BCUT2D eigenvalue weighted by atomic mass is 10.0. The molecule has 168 valence electrons. The summed E-state index contributed by atoms with van der Waals surface area (Å²) in [7, 11) is 0. The molecule has 6 nitrogen and oxygen atoms in total. The zero-order valence-electron chi connectivity index (χ0n) is 17.6. The van der Waals surface area contributed by atoms with Gasteiger partial charge in [0.05, 0.1) is 0 Å².